The summed E-state index contributed by atoms with van der Waals surface area (Å²) in [7, 11) is 0. The smallest absolute Gasteiger partial charge is 0.262 e. The normalized spacial score (nSPS) is 13.6. The van der Waals surface area contributed by atoms with E-state index in [4.69, 9.17) is 18.9 Å². The maximum atomic E-state index is 13.3. The first-order valence-corrected chi connectivity index (χ1v) is 10.0. The lowest BCUT2D eigenvalue weighted by Gasteiger charge is -2.31. The fourth-order valence-corrected chi connectivity index (χ4v) is 3.14. The summed E-state index contributed by atoms with van der Waals surface area (Å²) in [5.41, 5.74) is 1.39. The third kappa shape index (κ3) is 5.76. The minimum absolute atomic E-state index is 0.260. The highest BCUT2D eigenvalue weighted by Crippen LogP contribution is 2.39. The van der Waals surface area contributed by atoms with Gasteiger partial charge in [0.05, 0.1) is 37.8 Å². The number of hydrogen-bond donors (Lipinski definition) is 1. The van der Waals surface area contributed by atoms with Gasteiger partial charge in [-0.1, -0.05) is 6.07 Å². The number of rotatable bonds is 9. The van der Waals surface area contributed by atoms with Crippen LogP contribution < -0.4 is 24.4 Å². The predicted octanol–water partition coefficient (Wildman–Crippen LogP) is 3.48. The fraction of sp³-hybridized carbons (Fsp3) is 0.409. The van der Waals surface area contributed by atoms with Gasteiger partial charge in [0.1, 0.15) is 23.1 Å². The van der Waals surface area contributed by atoms with Gasteiger partial charge < -0.3 is 29.2 Å². The second kappa shape index (κ2) is 10.7. The van der Waals surface area contributed by atoms with Gasteiger partial charge in [0, 0.05) is 31.3 Å². The molecular formula is C22H27FN2O5. The van der Waals surface area contributed by atoms with Gasteiger partial charge in [-0.25, -0.2) is 4.39 Å². The molecule has 1 heterocycles. The van der Waals surface area contributed by atoms with E-state index in [9.17, 15) is 9.18 Å². The van der Waals surface area contributed by atoms with Crippen LogP contribution in [-0.2, 0) is 9.53 Å². The minimum Gasteiger partial charge on any atom is -0.492 e. The van der Waals surface area contributed by atoms with Crippen LogP contribution in [0.5, 0.6) is 17.2 Å². The Bertz CT molecular complexity index is 855. The Kier molecular flexibility index (Phi) is 7.73. The molecule has 0 bridgehead atoms. The van der Waals surface area contributed by atoms with Crippen molar-refractivity contribution in [2.24, 2.45) is 0 Å². The van der Waals surface area contributed by atoms with Crippen molar-refractivity contribution in [1.29, 1.82) is 0 Å². The summed E-state index contributed by atoms with van der Waals surface area (Å²) < 4.78 is 35.7. The third-order valence-corrected chi connectivity index (χ3v) is 4.45. The highest BCUT2D eigenvalue weighted by molar-refractivity contribution is 5.94. The van der Waals surface area contributed by atoms with Crippen LogP contribution in [-0.4, -0.2) is 52.0 Å². The van der Waals surface area contributed by atoms with Crippen LogP contribution in [0.4, 0.5) is 15.8 Å². The Morgan fingerprint density at radius 1 is 1.07 bits per heavy atom. The molecule has 0 saturated carbocycles. The van der Waals surface area contributed by atoms with E-state index in [-0.39, 0.29) is 18.3 Å². The molecule has 0 aromatic heterocycles. The molecule has 162 valence electrons. The van der Waals surface area contributed by atoms with Crippen LogP contribution in [0, 0.1) is 5.82 Å². The van der Waals surface area contributed by atoms with Crippen LogP contribution in [0.25, 0.3) is 0 Å². The first-order valence-electron chi connectivity index (χ1n) is 10.0. The van der Waals surface area contributed by atoms with Crippen molar-refractivity contribution in [2.75, 3.05) is 56.3 Å². The largest absolute Gasteiger partial charge is 0.492 e. The van der Waals surface area contributed by atoms with Crippen molar-refractivity contribution in [3.8, 4) is 17.2 Å². The zero-order chi connectivity index (χ0) is 21.3. The summed E-state index contributed by atoms with van der Waals surface area (Å²) in [5, 5.41) is 2.80. The van der Waals surface area contributed by atoms with Gasteiger partial charge in [-0.15, -0.1) is 0 Å². The van der Waals surface area contributed by atoms with Gasteiger partial charge in [0.15, 0.2) is 6.61 Å². The van der Waals surface area contributed by atoms with Crippen molar-refractivity contribution < 1.29 is 28.1 Å². The zero-order valence-electron chi connectivity index (χ0n) is 17.3. The van der Waals surface area contributed by atoms with Crippen molar-refractivity contribution in [3.63, 3.8) is 0 Å². The number of amides is 1. The zero-order valence-corrected chi connectivity index (χ0v) is 17.3. The lowest BCUT2D eigenvalue weighted by Crippen LogP contribution is -2.36. The molecule has 3 rings (SSSR count). The van der Waals surface area contributed by atoms with E-state index in [1.165, 1.54) is 18.2 Å². The minimum atomic E-state index is -0.424. The average Bonchev–Trinajstić information content (AvgIpc) is 2.75. The third-order valence-electron chi connectivity index (χ3n) is 4.45. The van der Waals surface area contributed by atoms with Gasteiger partial charge in [-0.2, -0.15) is 0 Å². The van der Waals surface area contributed by atoms with Gasteiger partial charge in [-0.3, -0.25) is 4.79 Å². The second-order valence-corrected chi connectivity index (χ2v) is 6.58. The molecule has 30 heavy (non-hydrogen) atoms. The van der Waals surface area contributed by atoms with Crippen LogP contribution >= 0.6 is 0 Å². The Morgan fingerprint density at radius 2 is 1.80 bits per heavy atom. The SMILES string of the molecule is CCOc1cc(N2CCOCC2)c(OCC)cc1NC(=O)COc1cccc(F)c1. The lowest BCUT2D eigenvalue weighted by molar-refractivity contribution is -0.118. The maximum Gasteiger partial charge on any atom is 0.262 e. The second-order valence-electron chi connectivity index (χ2n) is 6.58. The number of nitrogens with one attached hydrogen (secondary N) is 1. The number of nitrogens with zero attached hydrogens (tertiary/aromatic N) is 1. The van der Waals surface area contributed by atoms with Crippen molar-refractivity contribution in [3.05, 3.63) is 42.2 Å². The highest BCUT2D eigenvalue weighted by Gasteiger charge is 2.20. The summed E-state index contributed by atoms with van der Waals surface area (Å²) in [4.78, 5) is 14.6. The Labute approximate surface area is 175 Å². The van der Waals surface area contributed by atoms with Crippen LogP contribution in [0.1, 0.15) is 13.8 Å². The molecule has 1 amide bonds. The monoisotopic (exact) mass is 418 g/mol. The van der Waals surface area contributed by atoms with Crippen molar-refractivity contribution in [1.82, 2.24) is 0 Å². The number of carbonyl (C=O) groups excluding carboxylic acids is 1. The molecule has 1 aliphatic rings. The number of ether oxygens (including phenoxy) is 4. The summed E-state index contributed by atoms with van der Waals surface area (Å²) in [6.07, 6.45) is 0. The Hall–Kier alpha value is -3.00. The number of hydrogen-bond acceptors (Lipinski definition) is 6. The summed E-state index contributed by atoms with van der Waals surface area (Å²) >= 11 is 0. The van der Waals surface area contributed by atoms with Crippen LogP contribution in [0.3, 0.4) is 0 Å². The summed E-state index contributed by atoms with van der Waals surface area (Å²) in [6.45, 7) is 7.24. The molecule has 1 N–H and O–H groups in total. The molecule has 0 atom stereocenters. The molecule has 1 saturated heterocycles. The topological polar surface area (TPSA) is 69.3 Å². The van der Waals surface area contributed by atoms with E-state index >= 15 is 0 Å². The Morgan fingerprint density at radius 3 is 2.50 bits per heavy atom. The lowest BCUT2D eigenvalue weighted by atomic mass is 10.2. The molecule has 2 aromatic rings. The van der Waals surface area contributed by atoms with E-state index in [2.05, 4.69) is 10.2 Å². The number of anilines is 2. The van der Waals surface area contributed by atoms with Crippen molar-refractivity contribution >= 4 is 17.3 Å². The predicted molar refractivity (Wildman–Crippen MR) is 112 cm³/mol. The number of carbonyl (C=O) groups is 1. The molecule has 0 aliphatic carbocycles. The summed E-state index contributed by atoms with van der Waals surface area (Å²) in [6, 6.07) is 9.29. The van der Waals surface area contributed by atoms with E-state index in [0.29, 0.717) is 43.6 Å². The molecule has 0 spiro atoms. The fourth-order valence-electron chi connectivity index (χ4n) is 3.14. The molecule has 0 radical (unpaired) electrons. The molecule has 1 aliphatic heterocycles. The van der Waals surface area contributed by atoms with Gasteiger partial charge in [0.2, 0.25) is 0 Å². The molecule has 2 aromatic carbocycles. The van der Waals surface area contributed by atoms with Crippen molar-refractivity contribution in [2.45, 2.75) is 13.8 Å². The highest BCUT2D eigenvalue weighted by atomic mass is 19.1. The Balaban J connectivity index is 1.77. The number of morpholine rings is 1. The van der Waals surface area contributed by atoms with Gasteiger partial charge in [0.25, 0.3) is 5.91 Å². The molecule has 7 nitrogen and oxygen atoms in total. The van der Waals surface area contributed by atoms with Crippen LogP contribution in [0.15, 0.2) is 36.4 Å². The van der Waals surface area contributed by atoms with E-state index < -0.39 is 5.82 Å². The molecule has 0 unspecified atom stereocenters. The summed E-state index contributed by atoms with van der Waals surface area (Å²) in [5.74, 6) is 0.673. The van der Waals surface area contributed by atoms with E-state index in [0.717, 1.165) is 18.8 Å². The maximum absolute atomic E-state index is 13.3. The van der Waals surface area contributed by atoms with Gasteiger partial charge in [-0.05, 0) is 26.0 Å². The van der Waals surface area contributed by atoms with E-state index in [1.54, 1.807) is 12.1 Å². The molecular weight excluding hydrogens is 391 g/mol. The van der Waals surface area contributed by atoms with E-state index in [1.807, 2.05) is 19.9 Å². The first kappa shape index (κ1) is 21.7. The first-order chi connectivity index (χ1) is 14.6. The number of benzene rings is 2. The average molecular weight is 418 g/mol. The van der Waals surface area contributed by atoms with Crippen LogP contribution in [0.2, 0.25) is 0 Å². The number of halogens is 1. The van der Waals surface area contributed by atoms with Gasteiger partial charge >= 0.3 is 0 Å². The quantitative estimate of drug-likeness (QED) is 0.673. The standard InChI is InChI=1S/C22H27FN2O5/c1-3-28-20-14-19(25-8-10-27-11-9-25)21(29-4-2)13-18(20)24-22(26)15-30-17-7-5-6-16(23)12-17/h5-7,12-14H,3-4,8-11,15H2,1-2H3,(H,24,26). The molecule has 8 heteroatoms. The molecule has 1 fully saturated rings.